The molecule has 0 saturated heterocycles. The van der Waals surface area contributed by atoms with E-state index in [-0.39, 0.29) is 18.6 Å². The second-order valence-corrected chi connectivity index (χ2v) is 3.28. The summed E-state index contributed by atoms with van der Waals surface area (Å²) in [7, 11) is 0. The first-order valence-electron chi connectivity index (χ1n) is 4.68. The maximum Gasteiger partial charge on any atom is 0.267 e. The van der Waals surface area contributed by atoms with E-state index in [0.29, 0.717) is 17.8 Å². The second kappa shape index (κ2) is 5.17. The Morgan fingerprint density at radius 2 is 2.47 bits per heavy atom. The van der Waals surface area contributed by atoms with Gasteiger partial charge in [-0.1, -0.05) is 0 Å². The molecule has 0 aliphatic heterocycles. The second-order valence-electron chi connectivity index (χ2n) is 3.28. The number of amides is 1. The number of hydrogen-bond acceptors (Lipinski definition) is 3. The zero-order chi connectivity index (χ0) is 11.3. The van der Waals surface area contributed by atoms with Crippen LogP contribution in [0.3, 0.4) is 0 Å². The highest BCUT2D eigenvalue weighted by atomic mass is 16.3. The van der Waals surface area contributed by atoms with Crippen molar-refractivity contribution in [3.05, 3.63) is 23.5 Å². The molecular weight excluding hydrogens is 194 g/mol. The fraction of sp³-hybridized carbons (Fsp3) is 0.400. The van der Waals surface area contributed by atoms with Crippen LogP contribution in [-0.2, 0) is 0 Å². The number of carbonyl (C=O) groups is 1. The van der Waals surface area contributed by atoms with Crippen molar-refractivity contribution in [3.8, 4) is 6.07 Å². The molecule has 15 heavy (non-hydrogen) atoms. The first kappa shape index (κ1) is 11.3. The van der Waals surface area contributed by atoms with Gasteiger partial charge < -0.3 is 15.4 Å². The highest BCUT2D eigenvalue weighted by Crippen LogP contribution is 2.01. The van der Waals surface area contributed by atoms with E-state index < -0.39 is 0 Å². The predicted molar refractivity (Wildman–Crippen MR) is 54.1 cm³/mol. The molecule has 0 aliphatic carbocycles. The molecule has 1 heterocycles. The number of nitriles is 1. The van der Waals surface area contributed by atoms with Crippen LogP contribution < -0.4 is 5.32 Å². The minimum atomic E-state index is -0.266. The number of hydrogen-bond donors (Lipinski definition) is 3. The molecule has 1 aromatic rings. The van der Waals surface area contributed by atoms with Gasteiger partial charge in [-0.2, -0.15) is 5.26 Å². The lowest BCUT2D eigenvalue weighted by molar-refractivity contribution is 0.0930. The van der Waals surface area contributed by atoms with E-state index in [2.05, 4.69) is 10.3 Å². The van der Waals surface area contributed by atoms with Gasteiger partial charge in [-0.3, -0.25) is 4.79 Å². The molecule has 0 aliphatic rings. The van der Waals surface area contributed by atoms with Gasteiger partial charge in [0.2, 0.25) is 0 Å². The molecule has 5 heteroatoms. The minimum Gasteiger partial charge on any atom is -0.396 e. The lowest BCUT2D eigenvalue weighted by Crippen LogP contribution is -2.33. The standard InChI is InChI=1S/C10H13N3O2/c1-7(4-5-14)12-10(15)9-3-2-8(6-11)13-9/h2-3,7,13-14H,4-5H2,1H3,(H,12,15). The molecule has 0 aromatic carbocycles. The van der Waals surface area contributed by atoms with Crippen molar-refractivity contribution in [3.63, 3.8) is 0 Å². The first-order chi connectivity index (χ1) is 7.17. The van der Waals surface area contributed by atoms with Crippen LogP contribution in [0.15, 0.2) is 12.1 Å². The number of aliphatic hydroxyl groups excluding tert-OH is 1. The summed E-state index contributed by atoms with van der Waals surface area (Å²) in [5.41, 5.74) is 0.714. The van der Waals surface area contributed by atoms with E-state index >= 15 is 0 Å². The molecule has 1 rings (SSSR count). The van der Waals surface area contributed by atoms with Gasteiger partial charge in [0.15, 0.2) is 0 Å². The lowest BCUT2D eigenvalue weighted by atomic mass is 10.2. The van der Waals surface area contributed by atoms with E-state index in [1.165, 1.54) is 0 Å². The quantitative estimate of drug-likeness (QED) is 0.667. The van der Waals surface area contributed by atoms with E-state index in [1.54, 1.807) is 12.1 Å². The summed E-state index contributed by atoms with van der Waals surface area (Å²) >= 11 is 0. The van der Waals surface area contributed by atoms with Gasteiger partial charge in [-0.05, 0) is 25.5 Å². The topological polar surface area (TPSA) is 88.9 Å². The molecule has 0 saturated carbocycles. The van der Waals surface area contributed by atoms with Crippen molar-refractivity contribution in [1.82, 2.24) is 10.3 Å². The Morgan fingerprint density at radius 1 is 1.73 bits per heavy atom. The van der Waals surface area contributed by atoms with Crippen LogP contribution in [0.25, 0.3) is 0 Å². The lowest BCUT2D eigenvalue weighted by Gasteiger charge is -2.11. The number of carbonyl (C=O) groups excluding carboxylic acids is 1. The van der Waals surface area contributed by atoms with E-state index in [1.807, 2.05) is 13.0 Å². The van der Waals surface area contributed by atoms with Crippen molar-refractivity contribution < 1.29 is 9.90 Å². The third-order valence-corrected chi connectivity index (χ3v) is 1.99. The summed E-state index contributed by atoms with van der Waals surface area (Å²) in [6.45, 7) is 1.85. The summed E-state index contributed by atoms with van der Waals surface area (Å²) in [6.07, 6.45) is 0.511. The van der Waals surface area contributed by atoms with Gasteiger partial charge in [-0.15, -0.1) is 0 Å². The average Bonchev–Trinajstić information content (AvgIpc) is 2.66. The summed E-state index contributed by atoms with van der Waals surface area (Å²) in [4.78, 5) is 14.2. The van der Waals surface area contributed by atoms with Crippen LogP contribution in [-0.4, -0.2) is 28.6 Å². The Balaban J connectivity index is 2.58. The molecule has 0 spiro atoms. The van der Waals surface area contributed by atoms with Crippen LogP contribution in [0.1, 0.15) is 29.5 Å². The highest BCUT2D eigenvalue weighted by Gasteiger charge is 2.10. The number of aromatic nitrogens is 1. The van der Waals surface area contributed by atoms with Crippen molar-refractivity contribution in [2.75, 3.05) is 6.61 Å². The number of aliphatic hydroxyl groups is 1. The van der Waals surface area contributed by atoms with Gasteiger partial charge >= 0.3 is 0 Å². The van der Waals surface area contributed by atoms with Crippen LogP contribution in [0, 0.1) is 11.3 Å². The van der Waals surface area contributed by atoms with Crippen molar-refractivity contribution >= 4 is 5.91 Å². The van der Waals surface area contributed by atoms with E-state index in [4.69, 9.17) is 10.4 Å². The number of H-pyrrole nitrogens is 1. The zero-order valence-corrected chi connectivity index (χ0v) is 8.45. The number of aromatic amines is 1. The van der Waals surface area contributed by atoms with Crippen molar-refractivity contribution in [1.29, 1.82) is 5.26 Å². The minimum absolute atomic E-state index is 0.0373. The molecule has 1 unspecified atom stereocenters. The largest absolute Gasteiger partial charge is 0.396 e. The molecule has 80 valence electrons. The van der Waals surface area contributed by atoms with E-state index in [0.717, 1.165) is 0 Å². The third kappa shape index (κ3) is 3.11. The van der Waals surface area contributed by atoms with Gasteiger partial charge in [0.05, 0.1) is 0 Å². The number of rotatable bonds is 4. The molecule has 0 fully saturated rings. The molecule has 1 atom stereocenters. The first-order valence-corrected chi connectivity index (χ1v) is 4.68. The summed E-state index contributed by atoms with van der Waals surface area (Å²) in [5.74, 6) is -0.266. The normalized spacial score (nSPS) is 11.8. The number of nitrogens with one attached hydrogen (secondary N) is 2. The van der Waals surface area contributed by atoms with E-state index in [9.17, 15) is 4.79 Å². The third-order valence-electron chi connectivity index (χ3n) is 1.99. The Morgan fingerprint density at radius 3 is 3.00 bits per heavy atom. The molecule has 1 amide bonds. The van der Waals surface area contributed by atoms with Crippen molar-refractivity contribution in [2.45, 2.75) is 19.4 Å². The maximum absolute atomic E-state index is 11.5. The molecule has 0 bridgehead atoms. The Bertz CT molecular complexity index is 378. The number of nitrogens with zero attached hydrogens (tertiary/aromatic N) is 1. The Hall–Kier alpha value is -1.80. The van der Waals surface area contributed by atoms with Crippen molar-refractivity contribution in [2.24, 2.45) is 0 Å². The fourth-order valence-electron chi connectivity index (χ4n) is 1.16. The molecule has 5 nitrogen and oxygen atoms in total. The SMILES string of the molecule is CC(CCO)NC(=O)c1ccc(C#N)[nH]1. The van der Waals surface area contributed by atoms with Crippen LogP contribution >= 0.6 is 0 Å². The predicted octanol–water partition coefficient (Wildman–Crippen LogP) is 0.387. The smallest absolute Gasteiger partial charge is 0.267 e. The summed E-state index contributed by atoms with van der Waals surface area (Å²) < 4.78 is 0. The Kier molecular flexibility index (Phi) is 3.89. The molecule has 0 radical (unpaired) electrons. The maximum atomic E-state index is 11.5. The highest BCUT2D eigenvalue weighted by molar-refractivity contribution is 5.92. The van der Waals surface area contributed by atoms with Gasteiger partial charge in [0.25, 0.3) is 5.91 Å². The molecule has 1 aromatic heterocycles. The fourth-order valence-corrected chi connectivity index (χ4v) is 1.16. The van der Waals surface area contributed by atoms with Gasteiger partial charge in [0, 0.05) is 12.6 Å². The van der Waals surface area contributed by atoms with Crippen LogP contribution in [0.2, 0.25) is 0 Å². The summed E-state index contributed by atoms with van der Waals surface area (Å²) in [5, 5.41) is 19.9. The molecular formula is C10H13N3O2. The van der Waals surface area contributed by atoms with Gasteiger partial charge in [0.1, 0.15) is 17.5 Å². The molecule has 3 N–H and O–H groups in total. The van der Waals surface area contributed by atoms with Crippen LogP contribution in [0.4, 0.5) is 0 Å². The monoisotopic (exact) mass is 207 g/mol. The van der Waals surface area contributed by atoms with Crippen LogP contribution in [0.5, 0.6) is 0 Å². The van der Waals surface area contributed by atoms with Gasteiger partial charge in [-0.25, -0.2) is 0 Å². The zero-order valence-electron chi connectivity index (χ0n) is 8.45. The summed E-state index contributed by atoms with van der Waals surface area (Å²) in [6, 6.07) is 4.92. The Labute approximate surface area is 87.7 Å². The average molecular weight is 207 g/mol.